The molecule has 0 radical (unpaired) electrons. The number of phosphoric ester groups is 2. The molecule has 5 atom stereocenters. The van der Waals surface area contributed by atoms with Gasteiger partial charge in [-0.25, -0.2) is 9.13 Å². The zero-order valence-electron chi connectivity index (χ0n) is 64.3. The number of aliphatic hydroxyl groups excluding tert-OH is 1. The molecular weight excluding hydrogens is 1280 g/mol. The average molecular weight is 1440 g/mol. The molecule has 0 saturated heterocycles. The number of ether oxygens (including phenoxy) is 4. The fraction of sp³-hybridized carbons (Fsp3) is 0.949. The first-order valence-electron chi connectivity index (χ1n) is 40.8. The van der Waals surface area contributed by atoms with Crippen LogP contribution in [0.15, 0.2) is 0 Å². The van der Waals surface area contributed by atoms with Crippen molar-refractivity contribution in [2.75, 3.05) is 39.6 Å². The highest BCUT2D eigenvalue weighted by atomic mass is 31.2. The summed E-state index contributed by atoms with van der Waals surface area (Å²) < 4.78 is 68.6. The Bertz CT molecular complexity index is 1900. The maximum absolute atomic E-state index is 13.1. The Morgan fingerprint density at radius 2 is 0.469 bits per heavy atom. The van der Waals surface area contributed by atoms with Crippen LogP contribution in [0.2, 0.25) is 0 Å². The molecule has 0 bridgehead atoms. The van der Waals surface area contributed by atoms with E-state index in [0.29, 0.717) is 31.6 Å². The molecule has 0 rings (SSSR count). The van der Waals surface area contributed by atoms with E-state index in [-0.39, 0.29) is 25.7 Å². The van der Waals surface area contributed by atoms with E-state index in [4.69, 9.17) is 37.0 Å². The summed E-state index contributed by atoms with van der Waals surface area (Å²) in [5, 5.41) is 10.6. The van der Waals surface area contributed by atoms with Crippen LogP contribution in [0.5, 0.6) is 0 Å². The molecule has 0 amide bonds. The second kappa shape index (κ2) is 69.4. The molecule has 0 aromatic rings. The van der Waals surface area contributed by atoms with Gasteiger partial charge in [-0.3, -0.25) is 37.3 Å². The number of esters is 4. The third-order valence-electron chi connectivity index (χ3n) is 18.4. The van der Waals surface area contributed by atoms with Crippen LogP contribution in [0, 0.1) is 17.8 Å². The summed E-state index contributed by atoms with van der Waals surface area (Å²) in [6, 6.07) is 0. The highest BCUT2D eigenvalue weighted by Crippen LogP contribution is 2.45. The van der Waals surface area contributed by atoms with Crippen LogP contribution in [-0.4, -0.2) is 96.7 Å². The zero-order valence-corrected chi connectivity index (χ0v) is 66.0. The van der Waals surface area contributed by atoms with Crippen molar-refractivity contribution in [3.63, 3.8) is 0 Å². The summed E-state index contributed by atoms with van der Waals surface area (Å²) in [6.45, 7) is 11.9. The number of hydrogen-bond acceptors (Lipinski definition) is 15. The Hall–Kier alpha value is -1.94. The second-order valence-corrected chi connectivity index (χ2v) is 32.8. The molecule has 0 aliphatic rings. The van der Waals surface area contributed by atoms with Crippen molar-refractivity contribution in [3.05, 3.63) is 0 Å². The van der Waals surface area contributed by atoms with Crippen molar-refractivity contribution < 1.29 is 80.2 Å². The van der Waals surface area contributed by atoms with Gasteiger partial charge in [0, 0.05) is 25.7 Å². The molecule has 98 heavy (non-hydrogen) atoms. The van der Waals surface area contributed by atoms with E-state index in [1.807, 2.05) is 0 Å². The molecule has 3 N–H and O–H groups in total. The van der Waals surface area contributed by atoms with Gasteiger partial charge in [0.25, 0.3) is 0 Å². The van der Waals surface area contributed by atoms with Crippen LogP contribution in [-0.2, 0) is 65.4 Å². The third-order valence-corrected chi connectivity index (χ3v) is 20.3. The zero-order chi connectivity index (χ0) is 72.3. The van der Waals surface area contributed by atoms with E-state index in [0.717, 1.165) is 108 Å². The number of unbranched alkanes of at least 4 members (excludes halogenated alkanes) is 45. The maximum Gasteiger partial charge on any atom is 0.472 e. The molecule has 0 heterocycles. The molecule has 582 valence electrons. The summed E-state index contributed by atoms with van der Waals surface area (Å²) in [5.41, 5.74) is 0. The number of carbonyl (C=O) groups excluding carboxylic acids is 4. The predicted molar refractivity (Wildman–Crippen MR) is 400 cm³/mol. The number of carbonyl (C=O) groups is 4. The van der Waals surface area contributed by atoms with E-state index in [1.54, 1.807) is 0 Å². The standard InChI is InChI=1S/C79H154O17P2/c1-8-9-10-11-12-13-14-15-16-17-18-19-24-29-34-39-48-55-62-78(83)95-74(66-89-76(81)60-53-46-38-33-28-23-21-20-22-26-31-36-43-50-57-70(2)3)68-93-97(85,86)91-64-73(80)65-92-98(87,88)94-69-75(67-90-77(82)61-54-47-42-41-45-52-59-72(6)7)96-79(84)63-56-49-40-35-30-25-27-32-37-44-51-58-71(4)5/h70-75,80H,8-69H2,1-7H3,(H,85,86)(H,87,88)/t73-,74-,75-/m1/s1. The minimum absolute atomic E-state index is 0.105. The highest BCUT2D eigenvalue weighted by molar-refractivity contribution is 7.47. The molecule has 17 nitrogen and oxygen atoms in total. The van der Waals surface area contributed by atoms with Crippen molar-refractivity contribution in [3.8, 4) is 0 Å². The lowest BCUT2D eigenvalue weighted by Crippen LogP contribution is -2.30. The summed E-state index contributed by atoms with van der Waals surface area (Å²) in [4.78, 5) is 72.9. The van der Waals surface area contributed by atoms with Crippen molar-refractivity contribution in [2.45, 2.75) is 426 Å². The Kier molecular flexibility index (Phi) is 68.1. The first-order valence-corrected chi connectivity index (χ1v) is 43.8. The first kappa shape index (κ1) is 96.1. The van der Waals surface area contributed by atoms with Crippen LogP contribution >= 0.6 is 15.6 Å². The number of phosphoric acid groups is 2. The SMILES string of the molecule is CCCCCCCCCCCCCCCCCCCCC(=O)O[C@H](COC(=O)CCCCCCCCCCCCCCCCC(C)C)COP(=O)(O)OC[C@@H](O)COP(=O)(O)OC[C@@H](COC(=O)CCCCCCCCC(C)C)OC(=O)CCCCCCCCCCCCCC(C)C. The Labute approximate surface area is 600 Å². The molecule has 0 aromatic heterocycles. The Morgan fingerprint density at radius 3 is 0.694 bits per heavy atom. The second-order valence-electron chi connectivity index (χ2n) is 29.9. The van der Waals surface area contributed by atoms with E-state index in [9.17, 15) is 43.2 Å². The predicted octanol–water partition coefficient (Wildman–Crippen LogP) is 23.4. The molecule has 0 fully saturated rings. The topological polar surface area (TPSA) is 237 Å². The van der Waals surface area contributed by atoms with Gasteiger partial charge < -0.3 is 33.8 Å². The third kappa shape index (κ3) is 72.4. The average Bonchev–Trinajstić information content (AvgIpc) is 0.940. The molecular formula is C79H154O17P2. The van der Waals surface area contributed by atoms with Crippen molar-refractivity contribution in [1.82, 2.24) is 0 Å². The molecule has 0 aliphatic carbocycles. The summed E-state index contributed by atoms with van der Waals surface area (Å²) >= 11 is 0. The van der Waals surface area contributed by atoms with Gasteiger partial charge in [0.1, 0.15) is 19.3 Å². The smallest absolute Gasteiger partial charge is 0.462 e. The van der Waals surface area contributed by atoms with Gasteiger partial charge in [-0.15, -0.1) is 0 Å². The summed E-state index contributed by atoms with van der Waals surface area (Å²) in [7, 11) is -9.92. The van der Waals surface area contributed by atoms with Gasteiger partial charge in [-0.2, -0.15) is 0 Å². The Morgan fingerprint density at radius 1 is 0.276 bits per heavy atom. The quantitative estimate of drug-likeness (QED) is 0.0222. The van der Waals surface area contributed by atoms with E-state index < -0.39 is 97.5 Å². The largest absolute Gasteiger partial charge is 0.472 e. The molecule has 0 spiro atoms. The summed E-state index contributed by atoms with van der Waals surface area (Å²) in [5.74, 6) is 0.129. The minimum Gasteiger partial charge on any atom is -0.462 e. The molecule has 0 saturated carbocycles. The maximum atomic E-state index is 13.1. The van der Waals surface area contributed by atoms with Crippen molar-refractivity contribution in [1.29, 1.82) is 0 Å². The van der Waals surface area contributed by atoms with Crippen molar-refractivity contribution in [2.24, 2.45) is 17.8 Å². The molecule has 2 unspecified atom stereocenters. The van der Waals surface area contributed by atoms with Gasteiger partial charge in [0.05, 0.1) is 26.4 Å². The van der Waals surface area contributed by atoms with Crippen LogP contribution < -0.4 is 0 Å². The fourth-order valence-electron chi connectivity index (χ4n) is 12.1. The lowest BCUT2D eigenvalue weighted by atomic mass is 10.0. The van der Waals surface area contributed by atoms with Crippen LogP contribution in [0.3, 0.4) is 0 Å². The van der Waals surface area contributed by atoms with E-state index in [2.05, 4.69) is 48.5 Å². The van der Waals surface area contributed by atoms with Crippen molar-refractivity contribution >= 4 is 39.5 Å². The monoisotopic (exact) mass is 1440 g/mol. The normalized spacial score (nSPS) is 14.0. The van der Waals surface area contributed by atoms with Gasteiger partial charge >= 0.3 is 39.5 Å². The molecule has 19 heteroatoms. The lowest BCUT2D eigenvalue weighted by molar-refractivity contribution is -0.161. The lowest BCUT2D eigenvalue weighted by Gasteiger charge is -2.21. The van der Waals surface area contributed by atoms with Gasteiger partial charge in [0.2, 0.25) is 0 Å². The number of aliphatic hydroxyl groups is 1. The minimum atomic E-state index is -4.96. The highest BCUT2D eigenvalue weighted by Gasteiger charge is 2.30. The van der Waals surface area contributed by atoms with Gasteiger partial charge in [0.15, 0.2) is 12.2 Å². The fourth-order valence-corrected chi connectivity index (χ4v) is 13.7. The Balaban J connectivity index is 5.23. The van der Waals surface area contributed by atoms with Crippen LogP contribution in [0.25, 0.3) is 0 Å². The number of rotatable bonds is 77. The van der Waals surface area contributed by atoms with Gasteiger partial charge in [-0.1, -0.05) is 357 Å². The molecule has 0 aliphatic heterocycles. The van der Waals surface area contributed by atoms with Crippen LogP contribution in [0.1, 0.15) is 408 Å². The number of hydrogen-bond donors (Lipinski definition) is 3. The summed E-state index contributed by atoms with van der Waals surface area (Å²) in [6.07, 6.45) is 57.0. The van der Waals surface area contributed by atoms with Crippen LogP contribution in [0.4, 0.5) is 0 Å². The van der Waals surface area contributed by atoms with Gasteiger partial charge in [-0.05, 0) is 43.4 Å². The van der Waals surface area contributed by atoms with E-state index in [1.165, 1.54) is 212 Å². The van der Waals surface area contributed by atoms with E-state index >= 15 is 0 Å². The molecule has 0 aromatic carbocycles. The first-order chi connectivity index (χ1) is 47.2.